The molecule has 2 fully saturated rings. The predicted octanol–water partition coefficient (Wildman–Crippen LogP) is 5.16. The second kappa shape index (κ2) is 10.6. The van der Waals surface area contributed by atoms with Gasteiger partial charge in [-0.2, -0.15) is 13.2 Å². The van der Waals surface area contributed by atoms with Gasteiger partial charge in [-0.3, -0.25) is 9.59 Å². The topological polar surface area (TPSA) is 107 Å². The summed E-state index contributed by atoms with van der Waals surface area (Å²) < 4.78 is 67.4. The molecule has 14 heteroatoms. The van der Waals surface area contributed by atoms with Gasteiger partial charge in [-0.05, 0) is 59.4 Å². The van der Waals surface area contributed by atoms with Crippen LogP contribution in [0.15, 0.2) is 12.3 Å². The number of carbonyl (C=O) groups is 2. The molecule has 4 heterocycles. The maximum Gasteiger partial charge on any atom is 0.408 e. The molecular formula is C25H30F5N5O3S. The van der Waals surface area contributed by atoms with E-state index < -0.39 is 53.5 Å². The summed E-state index contributed by atoms with van der Waals surface area (Å²) in [4.78, 5) is 36.5. The van der Waals surface area contributed by atoms with Crippen molar-refractivity contribution >= 4 is 29.0 Å². The molecule has 2 aliphatic heterocycles. The number of alkyl halides is 5. The number of fused-ring (bicyclic) bond motifs is 2. The Hall–Kier alpha value is -2.87. The van der Waals surface area contributed by atoms with E-state index in [1.54, 1.807) is 11.8 Å². The molecule has 214 valence electrons. The number of aromatic nitrogens is 2. The van der Waals surface area contributed by atoms with Crippen molar-refractivity contribution < 1.29 is 36.6 Å². The van der Waals surface area contributed by atoms with Crippen molar-refractivity contribution in [1.82, 2.24) is 20.2 Å². The number of rotatable bonds is 8. The molecule has 4 rings (SSSR count). The highest BCUT2D eigenvalue weighted by molar-refractivity contribution is 7.17. The summed E-state index contributed by atoms with van der Waals surface area (Å²) in [6, 6.07) is -1.95. The predicted molar refractivity (Wildman–Crippen MR) is 135 cm³/mol. The van der Waals surface area contributed by atoms with Crippen molar-refractivity contribution in [3.63, 3.8) is 0 Å². The lowest BCUT2D eigenvalue weighted by molar-refractivity contribution is -0.138. The molecule has 2 aromatic heterocycles. The van der Waals surface area contributed by atoms with Crippen LogP contribution in [0.4, 0.5) is 27.8 Å². The summed E-state index contributed by atoms with van der Waals surface area (Å²) in [5.41, 5.74) is -2.31. The van der Waals surface area contributed by atoms with Crippen molar-refractivity contribution in [2.75, 3.05) is 5.32 Å². The molecule has 0 saturated carbocycles. The summed E-state index contributed by atoms with van der Waals surface area (Å²) in [5, 5.41) is 14.7. The zero-order valence-electron chi connectivity index (χ0n) is 21.8. The maximum atomic E-state index is 14.2. The first-order chi connectivity index (χ1) is 18.1. The Bertz CT molecular complexity index is 1230. The van der Waals surface area contributed by atoms with Gasteiger partial charge < -0.3 is 20.6 Å². The van der Waals surface area contributed by atoms with Crippen LogP contribution in [0, 0.1) is 0 Å². The molecule has 0 radical (unpaired) electrons. The Balaban J connectivity index is 1.77. The normalized spacial score (nSPS) is 20.8. The Kier molecular flexibility index (Phi) is 7.92. The summed E-state index contributed by atoms with van der Waals surface area (Å²) in [7, 11) is 0. The highest BCUT2D eigenvalue weighted by Crippen LogP contribution is 2.42. The SMILES string of the molecule is C[C@H](Nc1cc(C(F)F)c(-c2sc(C(=O)N[C@H](C)C(C)(C)O)nc2C(=O)N2[C@H]3CC[C@H]2CC3)cn1)C(F)(F)F. The first kappa shape index (κ1) is 29.1. The molecule has 2 saturated heterocycles. The number of halogens is 5. The van der Waals surface area contributed by atoms with Crippen molar-refractivity contribution in [1.29, 1.82) is 0 Å². The van der Waals surface area contributed by atoms with Crippen LogP contribution in [0.3, 0.4) is 0 Å². The fourth-order valence-electron chi connectivity index (χ4n) is 4.77. The van der Waals surface area contributed by atoms with Crippen molar-refractivity contribution in [2.45, 2.75) is 95.7 Å². The molecule has 8 nitrogen and oxygen atoms in total. The van der Waals surface area contributed by atoms with E-state index in [9.17, 15) is 36.6 Å². The lowest BCUT2D eigenvalue weighted by Gasteiger charge is -2.26. The average molecular weight is 576 g/mol. The van der Waals surface area contributed by atoms with Crippen molar-refractivity contribution in [3.05, 3.63) is 28.5 Å². The van der Waals surface area contributed by atoms with Gasteiger partial charge >= 0.3 is 6.18 Å². The van der Waals surface area contributed by atoms with Crippen LogP contribution in [0.1, 0.15) is 85.7 Å². The fourth-order valence-corrected chi connectivity index (χ4v) is 5.76. The van der Waals surface area contributed by atoms with Crippen molar-refractivity contribution in [3.8, 4) is 10.4 Å². The van der Waals surface area contributed by atoms with Gasteiger partial charge in [0.15, 0.2) is 5.01 Å². The second-order valence-electron chi connectivity index (χ2n) is 10.6. The van der Waals surface area contributed by atoms with Gasteiger partial charge in [-0.1, -0.05) is 0 Å². The first-order valence-electron chi connectivity index (χ1n) is 12.6. The molecular weight excluding hydrogens is 545 g/mol. The van der Waals surface area contributed by atoms with Crippen LogP contribution in [0.2, 0.25) is 0 Å². The number of pyridine rings is 1. The molecule has 39 heavy (non-hydrogen) atoms. The minimum atomic E-state index is -4.62. The van der Waals surface area contributed by atoms with Crippen LogP contribution < -0.4 is 10.6 Å². The average Bonchev–Trinajstić information content (AvgIpc) is 3.57. The molecule has 2 amide bonds. The van der Waals surface area contributed by atoms with E-state index in [0.29, 0.717) is 11.3 Å². The van der Waals surface area contributed by atoms with Crippen LogP contribution in [0.5, 0.6) is 0 Å². The van der Waals surface area contributed by atoms with E-state index in [-0.39, 0.29) is 33.2 Å². The smallest absolute Gasteiger partial charge is 0.388 e. The van der Waals surface area contributed by atoms with E-state index in [2.05, 4.69) is 20.6 Å². The van der Waals surface area contributed by atoms with Gasteiger partial charge in [0, 0.05) is 29.4 Å². The third kappa shape index (κ3) is 6.01. The van der Waals surface area contributed by atoms with Gasteiger partial charge in [0.2, 0.25) is 0 Å². The molecule has 0 unspecified atom stereocenters. The molecule has 2 bridgehead atoms. The number of nitrogens with zero attached hydrogens (tertiary/aromatic N) is 3. The number of nitrogens with one attached hydrogen (secondary N) is 2. The fraction of sp³-hybridized carbons (Fsp3) is 0.600. The maximum absolute atomic E-state index is 14.2. The standard InChI is InChI=1S/C25H30F5N5O3S/c1-11(24(3,4)38)33-21(36)22-34-18(23(37)35-13-5-6-14(35)8-7-13)19(39-22)16-10-31-17(9-15(16)20(26)27)32-12(2)25(28,29)30/h9-14,20,38H,5-8H2,1-4H3,(H,31,32)(H,33,36)/t11-,12+,13-,14-/m1/s1. The minimum Gasteiger partial charge on any atom is -0.388 e. The number of anilines is 1. The van der Waals surface area contributed by atoms with Crippen LogP contribution >= 0.6 is 11.3 Å². The van der Waals surface area contributed by atoms with E-state index in [4.69, 9.17) is 0 Å². The molecule has 2 aliphatic rings. The Morgan fingerprint density at radius 2 is 1.69 bits per heavy atom. The van der Waals surface area contributed by atoms with Gasteiger partial charge in [0.25, 0.3) is 18.2 Å². The van der Waals surface area contributed by atoms with Gasteiger partial charge in [-0.15, -0.1) is 11.3 Å². The van der Waals surface area contributed by atoms with Gasteiger partial charge in [0.05, 0.1) is 16.5 Å². The summed E-state index contributed by atoms with van der Waals surface area (Å²) >= 11 is 0.713. The molecule has 0 aromatic carbocycles. The highest BCUT2D eigenvalue weighted by atomic mass is 32.1. The van der Waals surface area contributed by atoms with E-state index in [1.807, 2.05) is 0 Å². The monoisotopic (exact) mass is 575 g/mol. The highest BCUT2D eigenvalue weighted by Gasteiger charge is 2.44. The third-order valence-corrected chi connectivity index (χ3v) is 8.48. The summed E-state index contributed by atoms with van der Waals surface area (Å²) in [6.07, 6.45) is -3.52. The summed E-state index contributed by atoms with van der Waals surface area (Å²) in [6.45, 7) is 5.41. The zero-order valence-corrected chi connectivity index (χ0v) is 22.6. The third-order valence-electron chi connectivity index (χ3n) is 7.39. The zero-order chi connectivity index (χ0) is 28.9. The van der Waals surface area contributed by atoms with E-state index >= 15 is 0 Å². The Labute approximate surface area is 226 Å². The summed E-state index contributed by atoms with van der Waals surface area (Å²) in [5.74, 6) is -1.61. The number of carbonyl (C=O) groups excluding carboxylic acids is 2. The van der Waals surface area contributed by atoms with Gasteiger partial charge in [0.1, 0.15) is 17.6 Å². The minimum absolute atomic E-state index is 0.00679. The molecule has 2 aromatic rings. The van der Waals surface area contributed by atoms with Crippen LogP contribution in [-0.2, 0) is 0 Å². The van der Waals surface area contributed by atoms with E-state index in [1.165, 1.54) is 13.8 Å². The molecule has 3 N–H and O–H groups in total. The molecule has 0 spiro atoms. The second-order valence-corrected chi connectivity index (χ2v) is 11.6. The van der Waals surface area contributed by atoms with Crippen molar-refractivity contribution in [2.24, 2.45) is 0 Å². The van der Waals surface area contributed by atoms with E-state index in [0.717, 1.165) is 44.9 Å². The Morgan fingerprint density at radius 3 is 2.21 bits per heavy atom. The van der Waals surface area contributed by atoms with Gasteiger partial charge in [-0.25, -0.2) is 18.7 Å². The van der Waals surface area contributed by atoms with Crippen LogP contribution in [0.25, 0.3) is 10.4 Å². The Morgan fingerprint density at radius 1 is 1.10 bits per heavy atom. The lowest BCUT2D eigenvalue weighted by Crippen LogP contribution is -2.47. The molecule has 2 atom stereocenters. The quantitative estimate of drug-likeness (QED) is 0.376. The number of aliphatic hydroxyl groups is 1. The number of amides is 2. The number of thiazole rings is 1. The number of hydrogen-bond donors (Lipinski definition) is 3. The first-order valence-corrected chi connectivity index (χ1v) is 13.4. The lowest BCUT2D eigenvalue weighted by atomic mass is 10.0. The molecule has 0 aliphatic carbocycles. The largest absolute Gasteiger partial charge is 0.408 e. The van der Waals surface area contributed by atoms with Crippen LogP contribution in [-0.4, -0.2) is 67.7 Å². The number of hydrogen-bond acceptors (Lipinski definition) is 7.